The molecule has 1 aliphatic rings. The molecule has 5 N–H and O–H groups in total. The first-order valence-corrected chi connectivity index (χ1v) is 10.2. The van der Waals surface area contributed by atoms with Crippen LogP contribution in [0.4, 0.5) is 5.82 Å². The van der Waals surface area contributed by atoms with Crippen molar-refractivity contribution >= 4 is 33.6 Å². The molecule has 0 saturated carbocycles. The first-order valence-electron chi connectivity index (χ1n) is 9.40. The predicted molar refractivity (Wildman–Crippen MR) is 110 cm³/mol. The molecule has 3 atom stereocenters. The molecule has 1 saturated heterocycles. The molecule has 0 aliphatic carbocycles. The molecule has 2 aromatic rings. The van der Waals surface area contributed by atoms with Crippen LogP contribution in [0.1, 0.15) is 30.4 Å². The van der Waals surface area contributed by atoms with Gasteiger partial charge in [0.25, 0.3) is 0 Å². The highest BCUT2D eigenvalue weighted by molar-refractivity contribution is 9.10. The van der Waals surface area contributed by atoms with E-state index in [0.717, 1.165) is 17.0 Å². The Hall–Kier alpha value is -2.46. The molecule has 1 aliphatic heterocycles. The molecule has 2 amide bonds. The Balaban J connectivity index is 1.62. The van der Waals surface area contributed by atoms with E-state index in [-0.39, 0.29) is 11.8 Å². The van der Waals surface area contributed by atoms with E-state index in [4.69, 9.17) is 16.0 Å². The number of carbonyl (C=O) groups excluding carboxylic acids is 2. The largest absolute Gasteiger partial charge is 0.384 e. The number of nitrogens with one attached hydrogen (secondary N) is 1. The van der Waals surface area contributed by atoms with Crippen molar-refractivity contribution < 1.29 is 14.1 Å². The minimum atomic E-state index is -0.499. The van der Waals surface area contributed by atoms with Gasteiger partial charge in [0.2, 0.25) is 11.8 Å². The van der Waals surface area contributed by atoms with Gasteiger partial charge in [-0.05, 0) is 53.7 Å². The number of halogens is 1. The third-order valence-electron chi connectivity index (χ3n) is 5.32. The number of nitrogens with zero attached hydrogens (tertiary/aromatic N) is 3. The number of primary amides is 1. The standard InChI is InChI=1S/C19H25BrN6O3/c1-10-13(3-4-17(21)24-10)8-23-19(28)11(2)26-9-12(6-15(26)18(22)27)5-14-7-16(20)25-29-14/h3-4,7,11-12,15H,5-6,8-9H2,1-2H3,(H2,21,24)(H2,22,27)(H,23,28)/t11-,12?,15?/m0/s1. The molecular formula is C19H25BrN6O3. The number of likely N-dealkylation sites (tertiary alicyclic amines) is 1. The molecule has 10 heteroatoms. The van der Waals surface area contributed by atoms with Crippen molar-refractivity contribution in [3.05, 3.63) is 39.8 Å². The van der Waals surface area contributed by atoms with Crippen LogP contribution in [0.25, 0.3) is 0 Å². The first-order chi connectivity index (χ1) is 13.7. The number of aromatic nitrogens is 2. The maximum Gasteiger partial charge on any atom is 0.237 e. The van der Waals surface area contributed by atoms with Gasteiger partial charge >= 0.3 is 0 Å². The van der Waals surface area contributed by atoms with Crippen molar-refractivity contribution in [3.63, 3.8) is 0 Å². The van der Waals surface area contributed by atoms with E-state index in [1.54, 1.807) is 19.1 Å². The van der Waals surface area contributed by atoms with Gasteiger partial charge in [0.15, 0.2) is 0 Å². The fraction of sp³-hybridized carbons (Fsp3) is 0.474. The molecule has 2 aromatic heterocycles. The quantitative estimate of drug-likeness (QED) is 0.557. The second-order valence-electron chi connectivity index (χ2n) is 7.41. The van der Waals surface area contributed by atoms with Crippen LogP contribution in [0.2, 0.25) is 0 Å². The topological polar surface area (TPSA) is 140 Å². The van der Waals surface area contributed by atoms with Gasteiger partial charge < -0.3 is 21.3 Å². The number of pyridine rings is 1. The molecule has 9 nitrogen and oxygen atoms in total. The van der Waals surface area contributed by atoms with E-state index in [1.807, 2.05) is 17.9 Å². The maximum atomic E-state index is 12.7. The Morgan fingerprint density at radius 3 is 2.83 bits per heavy atom. The molecule has 156 valence electrons. The summed E-state index contributed by atoms with van der Waals surface area (Å²) < 4.78 is 5.88. The third-order valence-corrected chi connectivity index (χ3v) is 5.69. The summed E-state index contributed by atoms with van der Waals surface area (Å²) in [6.45, 7) is 4.54. The van der Waals surface area contributed by atoms with Gasteiger partial charge in [0.05, 0.1) is 12.1 Å². The van der Waals surface area contributed by atoms with Gasteiger partial charge in [-0.1, -0.05) is 11.2 Å². The Morgan fingerprint density at radius 1 is 1.45 bits per heavy atom. The lowest BCUT2D eigenvalue weighted by atomic mass is 10.0. The van der Waals surface area contributed by atoms with E-state index in [0.29, 0.717) is 36.4 Å². The SMILES string of the molecule is Cc1nc(N)ccc1CNC(=O)[C@H](C)N1CC(Cc2cc(Br)no2)CC1C(N)=O. The summed E-state index contributed by atoms with van der Waals surface area (Å²) in [5.41, 5.74) is 12.9. The molecule has 0 radical (unpaired) electrons. The Labute approximate surface area is 177 Å². The van der Waals surface area contributed by atoms with Gasteiger partial charge in [0.1, 0.15) is 16.2 Å². The minimum absolute atomic E-state index is 0.145. The van der Waals surface area contributed by atoms with Crippen molar-refractivity contribution in [2.45, 2.75) is 45.3 Å². The van der Waals surface area contributed by atoms with Crippen LogP contribution in [0, 0.1) is 12.8 Å². The highest BCUT2D eigenvalue weighted by atomic mass is 79.9. The Bertz CT molecular complexity index is 902. The number of hydrogen-bond donors (Lipinski definition) is 3. The summed E-state index contributed by atoms with van der Waals surface area (Å²) in [7, 11) is 0. The molecule has 2 unspecified atom stereocenters. The van der Waals surface area contributed by atoms with Gasteiger partial charge in [-0.15, -0.1) is 0 Å². The average Bonchev–Trinajstić information content (AvgIpc) is 3.26. The van der Waals surface area contributed by atoms with E-state index < -0.39 is 18.0 Å². The zero-order valence-corrected chi connectivity index (χ0v) is 18.0. The molecular weight excluding hydrogens is 440 g/mol. The van der Waals surface area contributed by atoms with Crippen LogP contribution >= 0.6 is 15.9 Å². The smallest absolute Gasteiger partial charge is 0.237 e. The van der Waals surface area contributed by atoms with E-state index in [2.05, 4.69) is 31.4 Å². The number of nitrogen functional groups attached to an aromatic ring is 1. The molecule has 0 bridgehead atoms. The van der Waals surface area contributed by atoms with Crippen LogP contribution in [0.5, 0.6) is 0 Å². The molecule has 3 rings (SSSR count). The summed E-state index contributed by atoms with van der Waals surface area (Å²) in [5.74, 6) is 0.721. The molecule has 0 aromatic carbocycles. The second kappa shape index (κ2) is 8.91. The summed E-state index contributed by atoms with van der Waals surface area (Å²) in [6.07, 6.45) is 1.20. The van der Waals surface area contributed by atoms with Crippen molar-refractivity contribution in [2.75, 3.05) is 12.3 Å². The number of amides is 2. The van der Waals surface area contributed by atoms with Gasteiger partial charge in [-0.25, -0.2) is 4.98 Å². The Morgan fingerprint density at radius 2 is 2.21 bits per heavy atom. The molecule has 0 spiro atoms. The molecule has 3 heterocycles. The number of carbonyl (C=O) groups is 2. The summed E-state index contributed by atoms with van der Waals surface area (Å²) >= 11 is 3.26. The second-order valence-corrected chi connectivity index (χ2v) is 8.22. The van der Waals surface area contributed by atoms with E-state index >= 15 is 0 Å². The van der Waals surface area contributed by atoms with Crippen molar-refractivity contribution in [3.8, 4) is 0 Å². The monoisotopic (exact) mass is 464 g/mol. The van der Waals surface area contributed by atoms with E-state index in [9.17, 15) is 9.59 Å². The predicted octanol–water partition coefficient (Wildman–Crippen LogP) is 1.15. The lowest BCUT2D eigenvalue weighted by Crippen LogP contribution is -2.51. The lowest BCUT2D eigenvalue weighted by molar-refractivity contribution is -0.129. The van der Waals surface area contributed by atoms with Crippen LogP contribution in [-0.2, 0) is 22.6 Å². The van der Waals surface area contributed by atoms with Gasteiger partial charge in [-0.2, -0.15) is 0 Å². The fourth-order valence-electron chi connectivity index (χ4n) is 3.75. The van der Waals surface area contributed by atoms with E-state index in [1.165, 1.54) is 0 Å². The van der Waals surface area contributed by atoms with Crippen LogP contribution < -0.4 is 16.8 Å². The summed E-state index contributed by atoms with van der Waals surface area (Å²) in [6, 6.07) is 4.36. The number of anilines is 1. The van der Waals surface area contributed by atoms with Crippen LogP contribution in [0.3, 0.4) is 0 Å². The van der Waals surface area contributed by atoms with Crippen LogP contribution in [0.15, 0.2) is 27.3 Å². The van der Waals surface area contributed by atoms with Crippen LogP contribution in [-0.4, -0.2) is 45.5 Å². The van der Waals surface area contributed by atoms with Gasteiger partial charge in [-0.3, -0.25) is 14.5 Å². The number of rotatable bonds is 7. The van der Waals surface area contributed by atoms with Crippen molar-refractivity contribution in [2.24, 2.45) is 11.7 Å². The highest BCUT2D eigenvalue weighted by Crippen LogP contribution is 2.29. The molecule has 1 fully saturated rings. The van der Waals surface area contributed by atoms with Gasteiger partial charge in [0, 0.05) is 31.3 Å². The number of hydrogen-bond acceptors (Lipinski definition) is 7. The fourth-order valence-corrected chi connectivity index (χ4v) is 4.08. The first kappa shape index (κ1) is 21.3. The normalized spacial score (nSPS) is 20.5. The zero-order chi connectivity index (χ0) is 21.1. The molecule has 29 heavy (non-hydrogen) atoms. The Kier molecular flexibility index (Phi) is 6.53. The maximum absolute atomic E-state index is 12.7. The highest BCUT2D eigenvalue weighted by Gasteiger charge is 2.40. The average molecular weight is 465 g/mol. The number of aryl methyl sites for hydroxylation is 1. The minimum Gasteiger partial charge on any atom is -0.384 e. The van der Waals surface area contributed by atoms with Crippen molar-refractivity contribution in [1.29, 1.82) is 0 Å². The lowest BCUT2D eigenvalue weighted by Gasteiger charge is -2.28. The summed E-state index contributed by atoms with van der Waals surface area (Å²) in [5, 5.41) is 6.74. The summed E-state index contributed by atoms with van der Waals surface area (Å²) in [4.78, 5) is 30.8. The number of nitrogens with two attached hydrogens (primary N) is 2. The third kappa shape index (κ3) is 5.13. The zero-order valence-electron chi connectivity index (χ0n) is 16.4. The van der Waals surface area contributed by atoms with Crippen molar-refractivity contribution in [1.82, 2.24) is 20.4 Å².